The summed E-state index contributed by atoms with van der Waals surface area (Å²) in [6.07, 6.45) is 1.26. The monoisotopic (exact) mass is 267 g/mol. The van der Waals surface area contributed by atoms with E-state index in [4.69, 9.17) is 14.3 Å². The summed E-state index contributed by atoms with van der Waals surface area (Å²) < 4.78 is 10.6. The van der Waals surface area contributed by atoms with Crippen molar-refractivity contribution in [1.29, 1.82) is 0 Å². The zero-order valence-corrected chi connectivity index (χ0v) is 11.8. The number of hydrogen-bond donors (Lipinski definition) is 2. The molecule has 0 bridgehead atoms. The van der Waals surface area contributed by atoms with E-state index < -0.39 is 5.97 Å². The lowest BCUT2D eigenvalue weighted by Crippen LogP contribution is -2.60. The van der Waals surface area contributed by atoms with Crippen LogP contribution in [0.3, 0.4) is 0 Å². The van der Waals surface area contributed by atoms with Gasteiger partial charge in [-0.05, 0) is 19.4 Å². The minimum absolute atomic E-state index is 0.00284. The van der Waals surface area contributed by atoms with E-state index in [1.165, 1.54) is 0 Å². The molecule has 106 valence electrons. The van der Waals surface area contributed by atoms with E-state index in [1.54, 1.807) is 20.1 Å². The third kappa shape index (κ3) is 2.53. The molecule has 2 atom stereocenters. The Balaban J connectivity index is 1.95. The van der Waals surface area contributed by atoms with Crippen molar-refractivity contribution in [2.24, 2.45) is 5.41 Å². The van der Waals surface area contributed by atoms with Gasteiger partial charge < -0.3 is 19.6 Å². The SMILES string of the molecule is COC1CC(NCc2cc(C(=O)O)oc2C)C1(C)C. The Labute approximate surface area is 112 Å². The molecule has 2 N–H and O–H groups in total. The highest BCUT2D eigenvalue weighted by molar-refractivity contribution is 5.84. The van der Waals surface area contributed by atoms with Crippen LogP contribution in [0.25, 0.3) is 0 Å². The van der Waals surface area contributed by atoms with Gasteiger partial charge in [-0.2, -0.15) is 0 Å². The first-order valence-corrected chi connectivity index (χ1v) is 6.45. The number of rotatable bonds is 5. The van der Waals surface area contributed by atoms with E-state index >= 15 is 0 Å². The van der Waals surface area contributed by atoms with Crippen molar-refractivity contribution in [3.63, 3.8) is 0 Å². The van der Waals surface area contributed by atoms with Crippen LogP contribution in [0.4, 0.5) is 0 Å². The Kier molecular flexibility index (Phi) is 3.69. The number of nitrogens with one attached hydrogen (secondary N) is 1. The lowest BCUT2D eigenvalue weighted by atomic mass is 9.64. The average molecular weight is 267 g/mol. The smallest absolute Gasteiger partial charge is 0.371 e. The molecular formula is C14H21NO4. The number of hydrogen-bond acceptors (Lipinski definition) is 4. The number of aryl methyl sites for hydroxylation is 1. The fourth-order valence-electron chi connectivity index (χ4n) is 2.67. The van der Waals surface area contributed by atoms with E-state index in [9.17, 15) is 4.79 Å². The highest BCUT2D eigenvalue weighted by atomic mass is 16.5. The molecule has 5 nitrogen and oxygen atoms in total. The molecule has 1 aromatic heterocycles. The fourth-order valence-corrected chi connectivity index (χ4v) is 2.67. The minimum atomic E-state index is -1.03. The maximum absolute atomic E-state index is 10.8. The van der Waals surface area contributed by atoms with E-state index in [-0.39, 0.29) is 17.3 Å². The van der Waals surface area contributed by atoms with E-state index in [0.717, 1.165) is 12.0 Å². The summed E-state index contributed by atoms with van der Waals surface area (Å²) in [7, 11) is 1.74. The van der Waals surface area contributed by atoms with Gasteiger partial charge in [0.15, 0.2) is 0 Å². The van der Waals surface area contributed by atoms with Gasteiger partial charge >= 0.3 is 5.97 Å². The lowest BCUT2D eigenvalue weighted by molar-refractivity contribution is -0.0979. The second-order valence-electron chi connectivity index (χ2n) is 5.71. The van der Waals surface area contributed by atoms with Crippen LogP contribution in [0.5, 0.6) is 0 Å². The Hall–Kier alpha value is -1.33. The molecule has 0 radical (unpaired) electrons. The summed E-state index contributed by atoms with van der Waals surface area (Å²) in [5, 5.41) is 12.3. The van der Waals surface area contributed by atoms with Gasteiger partial charge in [-0.15, -0.1) is 0 Å². The molecule has 0 aromatic carbocycles. The van der Waals surface area contributed by atoms with Gasteiger partial charge in [0.2, 0.25) is 5.76 Å². The van der Waals surface area contributed by atoms with E-state index in [0.29, 0.717) is 18.3 Å². The second-order valence-corrected chi connectivity index (χ2v) is 5.71. The fraction of sp³-hybridized carbons (Fsp3) is 0.643. The second kappa shape index (κ2) is 4.98. The summed E-state index contributed by atoms with van der Waals surface area (Å²) in [5.41, 5.74) is 0.997. The molecule has 1 fully saturated rings. The van der Waals surface area contributed by atoms with Gasteiger partial charge in [-0.25, -0.2) is 4.79 Å². The minimum Gasteiger partial charge on any atom is -0.475 e. The molecule has 1 heterocycles. The molecule has 1 saturated carbocycles. The van der Waals surface area contributed by atoms with Crippen LogP contribution >= 0.6 is 0 Å². The predicted octanol–water partition coefficient (Wildman–Crippen LogP) is 2.19. The Morgan fingerprint density at radius 2 is 2.32 bits per heavy atom. The molecular weight excluding hydrogens is 246 g/mol. The van der Waals surface area contributed by atoms with Crippen LogP contribution in [0, 0.1) is 12.3 Å². The Morgan fingerprint density at radius 3 is 2.79 bits per heavy atom. The highest BCUT2D eigenvalue weighted by Gasteiger charge is 2.48. The maximum Gasteiger partial charge on any atom is 0.371 e. The van der Waals surface area contributed by atoms with Crippen LogP contribution in [-0.4, -0.2) is 30.3 Å². The number of furan rings is 1. The van der Waals surface area contributed by atoms with E-state index in [1.807, 2.05) is 0 Å². The molecule has 1 aliphatic rings. The largest absolute Gasteiger partial charge is 0.475 e. The lowest BCUT2D eigenvalue weighted by Gasteiger charge is -2.51. The van der Waals surface area contributed by atoms with Gasteiger partial charge in [0, 0.05) is 30.7 Å². The van der Waals surface area contributed by atoms with Crippen molar-refractivity contribution in [2.75, 3.05) is 7.11 Å². The third-order valence-electron chi connectivity index (χ3n) is 4.23. The summed E-state index contributed by atoms with van der Waals surface area (Å²) in [6, 6.07) is 1.96. The van der Waals surface area contributed by atoms with Gasteiger partial charge in [-0.1, -0.05) is 13.8 Å². The van der Waals surface area contributed by atoms with E-state index in [2.05, 4.69) is 19.2 Å². The zero-order chi connectivity index (χ0) is 14.2. The van der Waals surface area contributed by atoms with Crippen molar-refractivity contribution in [2.45, 2.75) is 45.9 Å². The predicted molar refractivity (Wildman–Crippen MR) is 70.2 cm³/mol. The molecule has 1 aromatic rings. The molecule has 0 spiro atoms. The summed E-state index contributed by atoms with van der Waals surface area (Å²) >= 11 is 0. The quantitative estimate of drug-likeness (QED) is 0.855. The molecule has 2 rings (SSSR count). The maximum atomic E-state index is 10.8. The Morgan fingerprint density at radius 1 is 1.63 bits per heavy atom. The van der Waals surface area contributed by atoms with Crippen molar-refractivity contribution in [3.05, 3.63) is 23.2 Å². The van der Waals surface area contributed by atoms with Crippen LogP contribution in [0.2, 0.25) is 0 Å². The number of carbonyl (C=O) groups is 1. The number of carboxylic acids is 1. The molecule has 1 aliphatic carbocycles. The van der Waals surface area contributed by atoms with Gasteiger partial charge in [-0.3, -0.25) is 0 Å². The van der Waals surface area contributed by atoms with Crippen LogP contribution in [0.1, 0.15) is 42.1 Å². The van der Waals surface area contributed by atoms with Crippen molar-refractivity contribution >= 4 is 5.97 Å². The van der Waals surface area contributed by atoms with Gasteiger partial charge in [0.05, 0.1) is 6.10 Å². The first kappa shape index (κ1) is 14.1. The summed E-state index contributed by atoms with van der Waals surface area (Å²) in [4.78, 5) is 10.8. The van der Waals surface area contributed by atoms with Gasteiger partial charge in [0.25, 0.3) is 0 Å². The summed E-state index contributed by atoms with van der Waals surface area (Å²) in [6.45, 7) is 6.75. The number of aromatic carboxylic acids is 1. The number of ether oxygens (including phenoxy) is 1. The van der Waals surface area contributed by atoms with Crippen LogP contribution in [-0.2, 0) is 11.3 Å². The van der Waals surface area contributed by atoms with Gasteiger partial charge in [0.1, 0.15) is 5.76 Å². The molecule has 0 saturated heterocycles. The molecule has 19 heavy (non-hydrogen) atoms. The van der Waals surface area contributed by atoms with Crippen LogP contribution in [0.15, 0.2) is 10.5 Å². The first-order chi connectivity index (χ1) is 8.86. The summed E-state index contributed by atoms with van der Waals surface area (Å²) in [5.74, 6) is -0.375. The number of carboxylic acid groups (broad SMARTS) is 1. The average Bonchev–Trinajstić information content (AvgIpc) is 2.70. The topological polar surface area (TPSA) is 71.7 Å². The van der Waals surface area contributed by atoms with Crippen molar-refractivity contribution < 1.29 is 19.1 Å². The standard InChI is InChI=1S/C14H21NO4/c1-8-9(5-10(19-8)13(16)17)7-15-11-6-12(18-4)14(11,2)3/h5,11-12,15H,6-7H2,1-4H3,(H,16,17). The Bertz CT molecular complexity index is 478. The zero-order valence-electron chi connectivity index (χ0n) is 11.8. The highest BCUT2D eigenvalue weighted by Crippen LogP contribution is 2.42. The third-order valence-corrected chi connectivity index (χ3v) is 4.23. The normalized spacial score (nSPS) is 25.1. The molecule has 0 amide bonds. The number of methoxy groups -OCH3 is 1. The molecule has 5 heteroatoms. The van der Waals surface area contributed by atoms with Crippen molar-refractivity contribution in [1.82, 2.24) is 5.32 Å². The molecule has 2 unspecified atom stereocenters. The molecule has 0 aliphatic heterocycles. The van der Waals surface area contributed by atoms with Crippen LogP contribution < -0.4 is 5.32 Å². The van der Waals surface area contributed by atoms with Crippen molar-refractivity contribution in [3.8, 4) is 0 Å². The first-order valence-electron chi connectivity index (χ1n) is 6.45.